The second kappa shape index (κ2) is 11.0. The van der Waals surface area contributed by atoms with Gasteiger partial charge >= 0.3 is 0 Å². The highest BCUT2D eigenvalue weighted by molar-refractivity contribution is 5.93. The first-order valence-corrected chi connectivity index (χ1v) is 10.9. The van der Waals surface area contributed by atoms with Crippen molar-refractivity contribution in [3.63, 3.8) is 0 Å². The van der Waals surface area contributed by atoms with Gasteiger partial charge in [-0.15, -0.1) is 0 Å². The number of methoxy groups -OCH3 is 1. The molecule has 1 fully saturated rings. The summed E-state index contributed by atoms with van der Waals surface area (Å²) in [6, 6.07) is 13.7. The summed E-state index contributed by atoms with van der Waals surface area (Å²) in [5, 5.41) is 3.04. The van der Waals surface area contributed by atoms with Crippen LogP contribution in [0.4, 0.5) is 11.4 Å². The monoisotopic (exact) mass is 428 g/mol. The lowest BCUT2D eigenvalue weighted by atomic mass is 10.1. The number of morpholine rings is 1. The normalized spacial score (nSPS) is 15.8. The van der Waals surface area contributed by atoms with E-state index in [0.717, 1.165) is 53.9 Å². The Morgan fingerprint density at radius 3 is 2.52 bits per heavy atom. The van der Waals surface area contributed by atoms with E-state index in [1.165, 1.54) is 0 Å². The van der Waals surface area contributed by atoms with E-state index in [2.05, 4.69) is 10.2 Å². The highest BCUT2D eigenvalue weighted by atomic mass is 16.5. The highest BCUT2D eigenvalue weighted by Crippen LogP contribution is 2.27. The molecule has 0 radical (unpaired) electrons. The summed E-state index contributed by atoms with van der Waals surface area (Å²) in [7, 11) is 3.66. The van der Waals surface area contributed by atoms with Gasteiger partial charge < -0.3 is 29.3 Å². The van der Waals surface area contributed by atoms with Crippen molar-refractivity contribution in [2.24, 2.45) is 0 Å². The van der Waals surface area contributed by atoms with E-state index in [1.807, 2.05) is 63.4 Å². The Morgan fingerprint density at radius 2 is 1.87 bits per heavy atom. The summed E-state index contributed by atoms with van der Waals surface area (Å²) in [5.41, 5.74) is 3.05. The van der Waals surface area contributed by atoms with Crippen molar-refractivity contribution < 1.29 is 23.9 Å². The van der Waals surface area contributed by atoms with Crippen molar-refractivity contribution in [2.45, 2.75) is 26.4 Å². The molecule has 0 spiro atoms. The third-order valence-corrected chi connectivity index (χ3v) is 5.65. The van der Waals surface area contributed by atoms with Gasteiger partial charge in [-0.1, -0.05) is 0 Å². The van der Waals surface area contributed by atoms with Gasteiger partial charge in [0.1, 0.15) is 6.54 Å². The van der Waals surface area contributed by atoms with E-state index in [-0.39, 0.29) is 11.9 Å². The van der Waals surface area contributed by atoms with Gasteiger partial charge in [-0.25, -0.2) is 0 Å². The average Bonchev–Trinajstić information content (AvgIpc) is 2.80. The molecule has 1 saturated heterocycles. The molecule has 2 aromatic rings. The van der Waals surface area contributed by atoms with Crippen LogP contribution in [-0.2, 0) is 16.1 Å². The molecule has 1 heterocycles. The van der Waals surface area contributed by atoms with E-state index < -0.39 is 0 Å². The molecule has 7 nitrogen and oxygen atoms in total. The Morgan fingerprint density at radius 1 is 1.16 bits per heavy atom. The van der Waals surface area contributed by atoms with Crippen LogP contribution in [0, 0.1) is 0 Å². The lowest BCUT2D eigenvalue weighted by molar-refractivity contribution is -0.907. The fourth-order valence-corrected chi connectivity index (χ4v) is 3.62. The summed E-state index contributed by atoms with van der Waals surface area (Å²) >= 11 is 0. The quantitative estimate of drug-likeness (QED) is 0.640. The molecule has 3 rings (SSSR count). The second-order valence-electron chi connectivity index (χ2n) is 7.80. The number of carbonyl (C=O) groups excluding carboxylic acids is 1. The van der Waals surface area contributed by atoms with Crippen LogP contribution in [0.1, 0.15) is 19.4 Å². The van der Waals surface area contributed by atoms with Crippen LogP contribution in [0.2, 0.25) is 0 Å². The maximum Gasteiger partial charge on any atom is 0.282 e. The van der Waals surface area contributed by atoms with Crippen molar-refractivity contribution >= 4 is 17.3 Å². The lowest BCUT2D eigenvalue weighted by Gasteiger charge is -2.29. The number of benzene rings is 2. The molecule has 1 aliphatic rings. The number of rotatable bonds is 9. The van der Waals surface area contributed by atoms with E-state index in [0.29, 0.717) is 18.9 Å². The topological polar surface area (TPSA) is 64.5 Å². The minimum absolute atomic E-state index is 0.00507. The van der Waals surface area contributed by atoms with Crippen molar-refractivity contribution in [1.82, 2.24) is 0 Å². The molecule has 1 unspecified atom stereocenters. The molecule has 2 aromatic carbocycles. The number of quaternary nitrogens is 1. The predicted octanol–water partition coefficient (Wildman–Crippen LogP) is 1.97. The zero-order valence-electron chi connectivity index (χ0n) is 18.9. The van der Waals surface area contributed by atoms with E-state index in [9.17, 15) is 4.79 Å². The standard InChI is InChI=1S/C24H33N3O4/c1-5-31-22-11-6-19(16-23(22)29-4)17-26(3)18(2)24(28)25-20-7-9-21(10-8-20)27-12-14-30-15-13-27/h6-11,16,18H,5,12-15,17H2,1-4H3,(H,25,28)/p+1/t18-/m0/s1. The highest BCUT2D eigenvalue weighted by Gasteiger charge is 2.23. The molecule has 31 heavy (non-hydrogen) atoms. The van der Waals surface area contributed by atoms with E-state index in [1.54, 1.807) is 7.11 Å². The SMILES string of the molecule is CCOc1ccc(C[NH+](C)[C@@H](C)C(=O)Nc2ccc(N3CCOCC3)cc2)cc1OC. The van der Waals surface area contributed by atoms with Crippen LogP contribution in [0.5, 0.6) is 11.5 Å². The number of amides is 1. The summed E-state index contributed by atoms with van der Waals surface area (Å²) in [4.78, 5) is 16.2. The molecule has 0 aliphatic carbocycles. The second-order valence-corrected chi connectivity index (χ2v) is 7.80. The minimum atomic E-state index is -0.212. The van der Waals surface area contributed by atoms with Crippen LogP contribution in [0.15, 0.2) is 42.5 Å². The number of anilines is 2. The van der Waals surface area contributed by atoms with Gasteiger partial charge in [-0.2, -0.15) is 0 Å². The Bertz CT molecular complexity index is 850. The van der Waals surface area contributed by atoms with Gasteiger partial charge in [-0.05, 0) is 56.3 Å². The number of carbonyl (C=O) groups is 1. The Balaban J connectivity index is 1.56. The molecular weight excluding hydrogens is 394 g/mol. The molecule has 1 amide bonds. The van der Waals surface area contributed by atoms with Crippen molar-refractivity contribution in [3.8, 4) is 11.5 Å². The number of nitrogens with one attached hydrogen (secondary N) is 2. The summed E-state index contributed by atoms with van der Waals surface area (Å²) in [6.07, 6.45) is 0. The maximum atomic E-state index is 12.8. The summed E-state index contributed by atoms with van der Waals surface area (Å²) in [5.74, 6) is 1.44. The van der Waals surface area contributed by atoms with Crippen LogP contribution < -0.4 is 24.6 Å². The van der Waals surface area contributed by atoms with Crippen LogP contribution in [-0.4, -0.2) is 59.0 Å². The Labute approximate surface area is 184 Å². The zero-order chi connectivity index (χ0) is 22.2. The number of hydrogen-bond donors (Lipinski definition) is 2. The maximum absolute atomic E-state index is 12.8. The van der Waals surface area contributed by atoms with Gasteiger partial charge in [0, 0.05) is 30.0 Å². The van der Waals surface area contributed by atoms with E-state index in [4.69, 9.17) is 14.2 Å². The number of nitrogens with zero attached hydrogens (tertiary/aromatic N) is 1. The van der Waals surface area contributed by atoms with Crippen molar-refractivity contribution in [1.29, 1.82) is 0 Å². The fourth-order valence-electron chi connectivity index (χ4n) is 3.62. The van der Waals surface area contributed by atoms with Crippen LogP contribution in [0.3, 0.4) is 0 Å². The lowest BCUT2D eigenvalue weighted by Crippen LogP contribution is -3.12. The summed E-state index contributed by atoms with van der Waals surface area (Å²) in [6.45, 7) is 8.48. The first-order valence-electron chi connectivity index (χ1n) is 10.9. The van der Waals surface area contributed by atoms with Gasteiger partial charge in [-0.3, -0.25) is 4.79 Å². The number of likely N-dealkylation sites (N-methyl/N-ethyl adjacent to an activating group) is 1. The molecule has 2 atom stereocenters. The van der Waals surface area contributed by atoms with Gasteiger partial charge in [0.25, 0.3) is 5.91 Å². The molecule has 0 saturated carbocycles. The largest absolute Gasteiger partial charge is 0.493 e. The summed E-state index contributed by atoms with van der Waals surface area (Å²) < 4.78 is 16.4. The Kier molecular flexibility index (Phi) is 8.14. The van der Waals surface area contributed by atoms with Gasteiger partial charge in [0.15, 0.2) is 17.5 Å². The van der Waals surface area contributed by atoms with Crippen molar-refractivity contribution in [2.75, 3.05) is 57.3 Å². The third-order valence-electron chi connectivity index (χ3n) is 5.65. The Hall–Kier alpha value is -2.77. The predicted molar refractivity (Wildman–Crippen MR) is 122 cm³/mol. The molecule has 7 heteroatoms. The first-order chi connectivity index (χ1) is 15.0. The smallest absolute Gasteiger partial charge is 0.282 e. The molecule has 1 aliphatic heterocycles. The van der Waals surface area contributed by atoms with E-state index >= 15 is 0 Å². The van der Waals surface area contributed by atoms with Crippen molar-refractivity contribution in [3.05, 3.63) is 48.0 Å². The molecule has 0 bridgehead atoms. The number of ether oxygens (including phenoxy) is 3. The number of hydrogen-bond acceptors (Lipinski definition) is 5. The van der Waals surface area contributed by atoms with Crippen LogP contribution in [0.25, 0.3) is 0 Å². The zero-order valence-corrected chi connectivity index (χ0v) is 18.9. The van der Waals surface area contributed by atoms with Gasteiger partial charge in [0.05, 0.1) is 34.0 Å². The minimum Gasteiger partial charge on any atom is -0.493 e. The molecular formula is C24H34N3O4+. The average molecular weight is 429 g/mol. The third kappa shape index (κ3) is 6.12. The molecule has 0 aromatic heterocycles. The fraction of sp³-hybridized carbons (Fsp3) is 0.458. The first kappa shape index (κ1) is 22.9. The van der Waals surface area contributed by atoms with Crippen LogP contribution >= 0.6 is 0 Å². The van der Waals surface area contributed by atoms with Gasteiger partial charge in [0.2, 0.25) is 0 Å². The molecule has 168 valence electrons. The molecule has 2 N–H and O–H groups in total.